The molecule has 2 heterocycles. The van der Waals surface area contributed by atoms with Gasteiger partial charge in [0.15, 0.2) is 0 Å². The Labute approximate surface area is 147 Å². The maximum atomic E-state index is 12.3. The van der Waals surface area contributed by atoms with E-state index in [2.05, 4.69) is 25.5 Å². The largest absolute Gasteiger partial charge is 0.348 e. The molecule has 3 rings (SSSR count). The number of benzene rings is 1. The fourth-order valence-corrected chi connectivity index (χ4v) is 3.52. The minimum Gasteiger partial charge on any atom is -0.348 e. The summed E-state index contributed by atoms with van der Waals surface area (Å²) in [5.74, 6) is 0.0966. The Kier molecular flexibility index (Phi) is 5.96. The Morgan fingerprint density at radius 2 is 1.92 bits per heavy atom. The molecule has 1 aromatic heterocycles. The topological polar surface area (TPSA) is 48.5 Å². The fraction of sp³-hybridized carbons (Fsp3) is 0.444. The van der Waals surface area contributed by atoms with E-state index in [0.717, 1.165) is 44.0 Å². The SMILES string of the molecule is CC(NC(=O)CN1CCN(Cc2cscn2)CC1)c1ccccc1. The first-order chi connectivity index (χ1) is 11.7. The lowest BCUT2D eigenvalue weighted by molar-refractivity contribution is -0.123. The molecule has 128 valence electrons. The normalized spacial score (nSPS) is 17.5. The molecule has 0 aliphatic carbocycles. The second-order valence-electron chi connectivity index (χ2n) is 6.23. The highest BCUT2D eigenvalue weighted by Crippen LogP contribution is 2.12. The van der Waals surface area contributed by atoms with Gasteiger partial charge in [0.25, 0.3) is 0 Å². The Morgan fingerprint density at radius 1 is 1.21 bits per heavy atom. The highest BCUT2D eigenvalue weighted by molar-refractivity contribution is 7.07. The molecule has 1 aliphatic rings. The van der Waals surface area contributed by atoms with Crippen LogP contribution in [0, 0.1) is 0 Å². The number of rotatable bonds is 6. The molecule has 0 spiro atoms. The van der Waals surface area contributed by atoms with Gasteiger partial charge in [-0.1, -0.05) is 30.3 Å². The number of nitrogens with one attached hydrogen (secondary N) is 1. The van der Waals surface area contributed by atoms with Crippen LogP contribution in [0.25, 0.3) is 0 Å². The van der Waals surface area contributed by atoms with Gasteiger partial charge in [-0.05, 0) is 12.5 Å². The number of hydrogen-bond donors (Lipinski definition) is 1. The summed E-state index contributed by atoms with van der Waals surface area (Å²) in [5, 5.41) is 5.19. The number of carbonyl (C=O) groups is 1. The summed E-state index contributed by atoms with van der Waals surface area (Å²) in [6.45, 7) is 7.24. The van der Waals surface area contributed by atoms with Gasteiger partial charge in [0, 0.05) is 38.1 Å². The van der Waals surface area contributed by atoms with Crippen molar-refractivity contribution in [1.82, 2.24) is 20.1 Å². The molecule has 1 unspecified atom stereocenters. The van der Waals surface area contributed by atoms with Crippen molar-refractivity contribution in [2.75, 3.05) is 32.7 Å². The van der Waals surface area contributed by atoms with Crippen molar-refractivity contribution < 1.29 is 4.79 Å². The molecule has 24 heavy (non-hydrogen) atoms. The van der Waals surface area contributed by atoms with Crippen molar-refractivity contribution in [3.05, 3.63) is 52.5 Å². The smallest absolute Gasteiger partial charge is 0.234 e. The van der Waals surface area contributed by atoms with Gasteiger partial charge in [0.2, 0.25) is 5.91 Å². The average Bonchev–Trinajstić information content (AvgIpc) is 3.10. The van der Waals surface area contributed by atoms with Crippen LogP contribution in [-0.2, 0) is 11.3 Å². The summed E-state index contributed by atoms with van der Waals surface area (Å²) in [5.41, 5.74) is 4.16. The van der Waals surface area contributed by atoms with Gasteiger partial charge < -0.3 is 5.32 Å². The van der Waals surface area contributed by atoms with Crippen LogP contribution in [0.4, 0.5) is 0 Å². The van der Waals surface area contributed by atoms with Gasteiger partial charge in [0.05, 0.1) is 23.8 Å². The summed E-state index contributed by atoms with van der Waals surface area (Å²) in [4.78, 5) is 21.2. The molecule has 1 atom stereocenters. The minimum absolute atomic E-state index is 0.0460. The number of nitrogens with zero attached hydrogens (tertiary/aromatic N) is 3. The summed E-state index contributed by atoms with van der Waals surface area (Å²) < 4.78 is 0. The first-order valence-electron chi connectivity index (χ1n) is 8.37. The maximum absolute atomic E-state index is 12.3. The minimum atomic E-state index is 0.0460. The zero-order chi connectivity index (χ0) is 16.8. The summed E-state index contributed by atoms with van der Waals surface area (Å²) in [6, 6.07) is 10.1. The maximum Gasteiger partial charge on any atom is 0.234 e. The summed E-state index contributed by atoms with van der Waals surface area (Å²) >= 11 is 1.64. The van der Waals surface area contributed by atoms with Crippen LogP contribution in [0.2, 0.25) is 0 Å². The van der Waals surface area contributed by atoms with Crippen molar-refractivity contribution in [2.24, 2.45) is 0 Å². The Bertz CT molecular complexity index is 624. The van der Waals surface area contributed by atoms with E-state index in [-0.39, 0.29) is 11.9 Å². The van der Waals surface area contributed by atoms with Crippen LogP contribution in [0.1, 0.15) is 24.2 Å². The number of amides is 1. The first kappa shape index (κ1) is 17.1. The molecule has 0 saturated carbocycles. The molecule has 0 bridgehead atoms. The second-order valence-corrected chi connectivity index (χ2v) is 6.95. The molecule has 1 aliphatic heterocycles. The highest BCUT2D eigenvalue weighted by Gasteiger charge is 2.20. The molecule has 2 aromatic rings. The molecule has 6 heteroatoms. The lowest BCUT2D eigenvalue weighted by Crippen LogP contribution is -2.49. The van der Waals surface area contributed by atoms with E-state index >= 15 is 0 Å². The van der Waals surface area contributed by atoms with Crippen molar-refractivity contribution in [3.63, 3.8) is 0 Å². The average molecular weight is 344 g/mol. The van der Waals surface area contributed by atoms with E-state index in [1.807, 2.05) is 42.8 Å². The molecule has 1 saturated heterocycles. The van der Waals surface area contributed by atoms with Crippen molar-refractivity contribution in [1.29, 1.82) is 0 Å². The summed E-state index contributed by atoms with van der Waals surface area (Å²) in [6.07, 6.45) is 0. The predicted molar refractivity (Wildman–Crippen MR) is 96.8 cm³/mol. The van der Waals surface area contributed by atoms with Gasteiger partial charge in [-0.3, -0.25) is 14.6 Å². The van der Waals surface area contributed by atoms with Crippen LogP contribution in [-0.4, -0.2) is 53.4 Å². The number of piperazine rings is 1. The second kappa shape index (κ2) is 8.37. The molecule has 1 fully saturated rings. The molecule has 1 amide bonds. The van der Waals surface area contributed by atoms with Gasteiger partial charge in [-0.2, -0.15) is 0 Å². The van der Waals surface area contributed by atoms with Gasteiger partial charge >= 0.3 is 0 Å². The lowest BCUT2D eigenvalue weighted by Gasteiger charge is -2.34. The van der Waals surface area contributed by atoms with Crippen LogP contribution >= 0.6 is 11.3 Å². The Balaban J connectivity index is 1.40. The van der Waals surface area contributed by atoms with E-state index in [1.165, 1.54) is 0 Å². The summed E-state index contributed by atoms with van der Waals surface area (Å²) in [7, 11) is 0. The van der Waals surface area contributed by atoms with Crippen LogP contribution < -0.4 is 5.32 Å². The number of aromatic nitrogens is 1. The quantitative estimate of drug-likeness (QED) is 0.872. The number of thiazole rings is 1. The highest BCUT2D eigenvalue weighted by atomic mass is 32.1. The number of carbonyl (C=O) groups excluding carboxylic acids is 1. The van der Waals surface area contributed by atoms with Gasteiger partial charge in [0.1, 0.15) is 0 Å². The Morgan fingerprint density at radius 3 is 2.58 bits per heavy atom. The third-order valence-electron chi connectivity index (χ3n) is 4.38. The zero-order valence-corrected chi connectivity index (χ0v) is 14.8. The van der Waals surface area contributed by atoms with E-state index in [1.54, 1.807) is 11.3 Å². The fourth-order valence-electron chi connectivity index (χ4n) is 2.97. The van der Waals surface area contributed by atoms with E-state index in [9.17, 15) is 4.79 Å². The number of hydrogen-bond acceptors (Lipinski definition) is 5. The third-order valence-corrected chi connectivity index (χ3v) is 5.01. The molecule has 0 radical (unpaired) electrons. The lowest BCUT2D eigenvalue weighted by atomic mass is 10.1. The van der Waals surface area contributed by atoms with Crippen molar-refractivity contribution in [3.8, 4) is 0 Å². The molecular weight excluding hydrogens is 320 g/mol. The zero-order valence-electron chi connectivity index (χ0n) is 14.0. The van der Waals surface area contributed by atoms with Gasteiger partial charge in [-0.15, -0.1) is 11.3 Å². The van der Waals surface area contributed by atoms with Gasteiger partial charge in [-0.25, -0.2) is 4.98 Å². The van der Waals surface area contributed by atoms with Crippen LogP contribution in [0.5, 0.6) is 0 Å². The molecule has 5 nitrogen and oxygen atoms in total. The van der Waals surface area contributed by atoms with E-state index < -0.39 is 0 Å². The molecule has 1 N–H and O–H groups in total. The molecule has 1 aromatic carbocycles. The Hall–Kier alpha value is -1.76. The van der Waals surface area contributed by atoms with Crippen molar-refractivity contribution in [2.45, 2.75) is 19.5 Å². The van der Waals surface area contributed by atoms with Crippen LogP contribution in [0.15, 0.2) is 41.2 Å². The van der Waals surface area contributed by atoms with E-state index in [0.29, 0.717) is 6.54 Å². The van der Waals surface area contributed by atoms with Crippen LogP contribution in [0.3, 0.4) is 0 Å². The standard InChI is InChI=1S/C18H24N4OS/c1-15(16-5-3-2-4-6-16)20-18(23)12-22-9-7-21(8-10-22)11-17-13-24-14-19-17/h2-6,13-15H,7-12H2,1H3,(H,20,23). The molecular formula is C18H24N4OS. The predicted octanol–water partition coefficient (Wildman–Crippen LogP) is 2.14. The monoisotopic (exact) mass is 344 g/mol. The third kappa shape index (κ3) is 4.87. The van der Waals surface area contributed by atoms with Crippen molar-refractivity contribution >= 4 is 17.2 Å². The van der Waals surface area contributed by atoms with E-state index in [4.69, 9.17) is 0 Å². The first-order valence-corrected chi connectivity index (χ1v) is 9.31.